The Balaban J connectivity index is 2.20. The number of rotatable bonds is 6. The second kappa shape index (κ2) is 8.11. The first-order valence-electron chi connectivity index (χ1n) is 8.49. The van der Waals surface area contributed by atoms with E-state index in [1.54, 1.807) is 4.90 Å². The maximum absolute atomic E-state index is 12.6. The van der Waals surface area contributed by atoms with E-state index in [0.717, 1.165) is 24.0 Å². The summed E-state index contributed by atoms with van der Waals surface area (Å²) in [6.07, 6.45) is 3.09. The van der Waals surface area contributed by atoms with Crippen molar-refractivity contribution in [2.75, 3.05) is 6.54 Å². The normalized spacial score (nSPS) is 18.2. The van der Waals surface area contributed by atoms with Gasteiger partial charge in [0.05, 0.1) is 6.04 Å². The number of unbranched alkanes of at least 4 members (excludes halogenated alkanes) is 1. The van der Waals surface area contributed by atoms with Crippen molar-refractivity contribution in [3.05, 3.63) is 35.4 Å². The second-order valence-corrected chi connectivity index (χ2v) is 6.11. The Morgan fingerprint density at radius 3 is 2.65 bits per heavy atom. The summed E-state index contributed by atoms with van der Waals surface area (Å²) in [6, 6.07) is 6.96. The van der Waals surface area contributed by atoms with E-state index in [-0.39, 0.29) is 11.8 Å². The van der Waals surface area contributed by atoms with E-state index in [2.05, 4.69) is 12.2 Å². The number of fused-ring (bicyclic) bond motifs is 1. The molecule has 0 aromatic heterocycles. The summed E-state index contributed by atoms with van der Waals surface area (Å²) in [4.78, 5) is 26.8. The Hall–Kier alpha value is -1.88. The lowest BCUT2D eigenvalue weighted by Gasteiger charge is -2.37. The summed E-state index contributed by atoms with van der Waals surface area (Å²) in [5.41, 5.74) is 8.16. The number of carbonyl (C=O) groups is 2. The molecule has 0 bridgehead atoms. The van der Waals surface area contributed by atoms with Crippen molar-refractivity contribution in [2.24, 2.45) is 5.73 Å². The second-order valence-electron chi connectivity index (χ2n) is 6.11. The van der Waals surface area contributed by atoms with Crippen LogP contribution in [0.25, 0.3) is 0 Å². The van der Waals surface area contributed by atoms with Gasteiger partial charge in [-0.25, -0.2) is 0 Å². The monoisotopic (exact) mass is 317 g/mol. The van der Waals surface area contributed by atoms with Crippen molar-refractivity contribution in [2.45, 2.75) is 58.2 Å². The summed E-state index contributed by atoms with van der Waals surface area (Å²) in [5, 5.41) is 2.95. The molecule has 1 aliphatic heterocycles. The van der Waals surface area contributed by atoms with E-state index in [0.29, 0.717) is 25.9 Å². The molecular weight excluding hydrogens is 290 g/mol. The minimum atomic E-state index is -0.550. The number of hydrogen-bond acceptors (Lipinski definition) is 3. The van der Waals surface area contributed by atoms with Gasteiger partial charge in [-0.1, -0.05) is 44.5 Å². The third kappa shape index (κ3) is 4.10. The highest BCUT2D eigenvalue weighted by Crippen LogP contribution is 2.24. The van der Waals surface area contributed by atoms with Gasteiger partial charge in [-0.2, -0.15) is 0 Å². The average molecular weight is 317 g/mol. The zero-order valence-electron chi connectivity index (χ0n) is 14.0. The number of nitrogens with zero attached hydrogens (tertiary/aromatic N) is 1. The van der Waals surface area contributed by atoms with Crippen LogP contribution in [-0.4, -0.2) is 35.3 Å². The topological polar surface area (TPSA) is 75.4 Å². The predicted molar refractivity (Wildman–Crippen MR) is 90.7 cm³/mol. The Bertz CT molecular complexity index is 559. The summed E-state index contributed by atoms with van der Waals surface area (Å²) in [5.74, 6) is -0.220. The van der Waals surface area contributed by atoms with E-state index in [1.807, 2.05) is 31.2 Å². The zero-order valence-corrected chi connectivity index (χ0v) is 14.0. The van der Waals surface area contributed by atoms with Gasteiger partial charge in [0.1, 0.15) is 6.04 Å². The van der Waals surface area contributed by atoms with Crippen LogP contribution >= 0.6 is 0 Å². The third-order valence-electron chi connectivity index (χ3n) is 4.42. The zero-order chi connectivity index (χ0) is 16.8. The predicted octanol–water partition coefficient (Wildman–Crippen LogP) is 1.59. The van der Waals surface area contributed by atoms with Crippen molar-refractivity contribution >= 4 is 11.8 Å². The molecule has 0 aliphatic carbocycles. The Kier molecular flexibility index (Phi) is 6.16. The third-order valence-corrected chi connectivity index (χ3v) is 4.42. The molecule has 0 saturated carbocycles. The molecule has 2 amide bonds. The molecule has 126 valence electrons. The molecule has 2 atom stereocenters. The van der Waals surface area contributed by atoms with E-state index in [4.69, 9.17) is 5.73 Å². The minimum absolute atomic E-state index is 0.0791. The number of amides is 2. The molecule has 5 heteroatoms. The lowest BCUT2D eigenvalue weighted by molar-refractivity contribution is -0.142. The molecule has 0 radical (unpaired) electrons. The number of hydrogen-bond donors (Lipinski definition) is 2. The van der Waals surface area contributed by atoms with Crippen molar-refractivity contribution in [3.8, 4) is 0 Å². The maximum atomic E-state index is 12.6. The lowest BCUT2D eigenvalue weighted by Crippen LogP contribution is -2.56. The molecule has 1 heterocycles. The van der Waals surface area contributed by atoms with Crippen LogP contribution in [0.1, 0.15) is 44.2 Å². The molecule has 0 saturated heterocycles. The van der Waals surface area contributed by atoms with Crippen LogP contribution in [0.15, 0.2) is 24.3 Å². The van der Waals surface area contributed by atoms with Crippen molar-refractivity contribution in [1.29, 1.82) is 0 Å². The summed E-state index contributed by atoms with van der Waals surface area (Å²) >= 11 is 0. The molecular formula is C18H27N3O2. The molecule has 3 N–H and O–H groups in total. The summed E-state index contributed by atoms with van der Waals surface area (Å²) < 4.78 is 0. The summed E-state index contributed by atoms with van der Waals surface area (Å²) in [7, 11) is 0. The minimum Gasteiger partial charge on any atom is -0.354 e. The first-order valence-corrected chi connectivity index (χ1v) is 8.49. The summed E-state index contributed by atoms with van der Waals surface area (Å²) in [6.45, 7) is 5.07. The fourth-order valence-corrected chi connectivity index (χ4v) is 2.88. The van der Waals surface area contributed by atoms with Crippen LogP contribution < -0.4 is 11.1 Å². The van der Waals surface area contributed by atoms with Crippen LogP contribution in [-0.2, 0) is 22.6 Å². The van der Waals surface area contributed by atoms with E-state index < -0.39 is 12.1 Å². The number of nitrogens with one attached hydrogen (secondary N) is 1. The first kappa shape index (κ1) is 17.5. The van der Waals surface area contributed by atoms with Gasteiger partial charge < -0.3 is 16.0 Å². The van der Waals surface area contributed by atoms with Gasteiger partial charge in [0.25, 0.3) is 0 Å². The highest BCUT2D eigenvalue weighted by atomic mass is 16.2. The van der Waals surface area contributed by atoms with Gasteiger partial charge in [0.2, 0.25) is 11.8 Å². The number of nitrogens with two attached hydrogens (primary N) is 1. The van der Waals surface area contributed by atoms with Gasteiger partial charge in [-0.05, 0) is 24.0 Å². The van der Waals surface area contributed by atoms with Gasteiger partial charge in [-0.3, -0.25) is 9.59 Å². The molecule has 1 aliphatic rings. The van der Waals surface area contributed by atoms with Crippen molar-refractivity contribution < 1.29 is 9.59 Å². The van der Waals surface area contributed by atoms with Crippen LogP contribution in [0.4, 0.5) is 0 Å². The number of carbonyl (C=O) groups excluding carboxylic acids is 2. The average Bonchev–Trinajstić information content (AvgIpc) is 2.59. The van der Waals surface area contributed by atoms with E-state index in [1.165, 1.54) is 0 Å². The van der Waals surface area contributed by atoms with E-state index >= 15 is 0 Å². The fourth-order valence-electron chi connectivity index (χ4n) is 2.88. The Morgan fingerprint density at radius 2 is 2.00 bits per heavy atom. The Morgan fingerprint density at radius 1 is 1.30 bits per heavy atom. The molecule has 1 aromatic carbocycles. The lowest BCUT2D eigenvalue weighted by atomic mass is 9.92. The van der Waals surface area contributed by atoms with Crippen LogP contribution in [0, 0.1) is 0 Å². The van der Waals surface area contributed by atoms with E-state index in [9.17, 15) is 9.59 Å². The quantitative estimate of drug-likeness (QED) is 0.783. The largest absolute Gasteiger partial charge is 0.354 e. The molecule has 0 unspecified atom stereocenters. The highest BCUT2D eigenvalue weighted by Gasteiger charge is 2.35. The molecule has 1 aromatic rings. The van der Waals surface area contributed by atoms with Crippen molar-refractivity contribution in [3.63, 3.8) is 0 Å². The van der Waals surface area contributed by atoms with Crippen LogP contribution in [0.2, 0.25) is 0 Å². The van der Waals surface area contributed by atoms with Crippen molar-refractivity contribution in [1.82, 2.24) is 10.2 Å². The Labute approximate surface area is 138 Å². The first-order chi connectivity index (χ1) is 11.1. The van der Waals surface area contributed by atoms with Gasteiger partial charge >= 0.3 is 0 Å². The molecule has 2 rings (SSSR count). The van der Waals surface area contributed by atoms with Gasteiger partial charge in [0, 0.05) is 19.5 Å². The highest BCUT2D eigenvalue weighted by molar-refractivity contribution is 5.90. The molecule has 0 spiro atoms. The fraction of sp³-hybridized carbons (Fsp3) is 0.556. The smallest absolute Gasteiger partial charge is 0.243 e. The van der Waals surface area contributed by atoms with Gasteiger partial charge in [0.15, 0.2) is 0 Å². The molecule has 5 nitrogen and oxygen atoms in total. The van der Waals surface area contributed by atoms with Gasteiger partial charge in [-0.15, -0.1) is 0 Å². The molecule has 23 heavy (non-hydrogen) atoms. The number of benzene rings is 1. The standard InChI is InChI=1S/C18H27N3O2/c1-3-5-10-20-17(22)16-11-13-8-6-7-9-14(13)12-21(16)18(23)15(19)4-2/h6-9,15-16H,3-5,10-12,19H2,1-2H3,(H,20,22)/t15-,16-/m0/s1. The molecule has 0 fully saturated rings. The van der Waals surface area contributed by atoms with Crippen LogP contribution in [0.5, 0.6) is 0 Å². The maximum Gasteiger partial charge on any atom is 0.243 e. The SMILES string of the molecule is CCCCNC(=O)[C@@H]1Cc2ccccc2CN1C(=O)[C@@H](N)CC. The van der Waals surface area contributed by atoms with Crippen LogP contribution in [0.3, 0.4) is 0 Å².